The Morgan fingerprint density at radius 2 is 1.13 bits per heavy atom. The van der Waals surface area contributed by atoms with Crippen molar-refractivity contribution in [3.05, 3.63) is 229 Å². The van der Waals surface area contributed by atoms with E-state index in [9.17, 15) is 34.5 Å². The topological polar surface area (TPSA) is 264 Å². The third-order valence-electron chi connectivity index (χ3n) is 16.0. The van der Waals surface area contributed by atoms with E-state index in [4.69, 9.17) is 14.8 Å². The van der Waals surface area contributed by atoms with Gasteiger partial charge in [-0.15, -0.1) is 15.3 Å². The molecule has 0 radical (unpaired) electrons. The van der Waals surface area contributed by atoms with Gasteiger partial charge in [-0.2, -0.15) is 0 Å². The van der Waals surface area contributed by atoms with E-state index in [0.29, 0.717) is 63.5 Å². The number of fused-ring (bicyclic) bond motifs is 2. The van der Waals surface area contributed by atoms with E-state index in [1.807, 2.05) is 135 Å². The van der Waals surface area contributed by atoms with Crippen molar-refractivity contribution in [1.29, 1.82) is 0 Å². The number of carbonyl (C=O) groups is 4. The molecule has 4 aromatic heterocycles. The summed E-state index contributed by atoms with van der Waals surface area (Å²) in [5.41, 5.74) is 10.1. The number of hydrogen-bond donors (Lipinski definition) is 3. The zero-order valence-electron chi connectivity index (χ0n) is 48.8. The lowest BCUT2D eigenvalue weighted by molar-refractivity contribution is -0.639. The van der Waals surface area contributed by atoms with Crippen molar-refractivity contribution in [2.45, 2.75) is 26.4 Å². The average molecular weight is 1200 g/mol. The van der Waals surface area contributed by atoms with Gasteiger partial charge >= 0.3 is 17.9 Å². The van der Waals surface area contributed by atoms with Crippen molar-refractivity contribution in [1.82, 2.24) is 59.9 Å². The van der Waals surface area contributed by atoms with E-state index in [2.05, 4.69) is 30.9 Å². The van der Waals surface area contributed by atoms with Gasteiger partial charge in [0.25, 0.3) is 5.91 Å². The number of phenols is 1. The number of ether oxygens (including phenoxy) is 1. The smallest absolute Gasteiger partial charge is 0.338 e. The van der Waals surface area contributed by atoms with Gasteiger partial charge in [-0.05, 0) is 81.4 Å². The van der Waals surface area contributed by atoms with Gasteiger partial charge in [-0.1, -0.05) is 153 Å². The summed E-state index contributed by atoms with van der Waals surface area (Å²) in [7, 11) is 4.22. The van der Waals surface area contributed by atoms with E-state index in [-0.39, 0.29) is 34.7 Å². The fourth-order valence-electron chi connectivity index (χ4n) is 11.5. The van der Waals surface area contributed by atoms with Crippen LogP contribution in [0.25, 0.3) is 94.8 Å². The van der Waals surface area contributed by atoms with Crippen molar-refractivity contribution < 1.29 is 48.8 Å². The first kappa shape index (κ1) is 57.1. The van der Waals surface area contributed by atoms with Crippen LogP contribution in [0.2, 0.25) is 0 Å². The molecule has 22 nitrogen and oxygen atoms in total. The van der Waals surface area contributed by atoms with Gasteiger partial charge in [0, 0.05) is 58.2 Å². The van der Waals surface area contributed by atoms with E-state index < -0.39 is 29.2 Å². The Bertz CT molecular complexity index is 4890. The molecule has 0 saturated carbocycles. The van der Waals surface area contributed by atoms with Crippen LogP contribution in [0.4, 0.5) is 0 Å². The zero-order chi connectivity index (χ0) is 62.4. The molecular formula is C68H54N13O9+. The van der Waals surface area contributed by atoms with Crippen LogP contribution in [-0.2, 0) is 27.5 Å². The van der Waals surface area contributed by atoms with Crippen molar-refractivity contribution in [2.75, 3.05) is 21.3 Å². The highest BCUT2D eigenvalue weighted by Gasteiger charge is 2.37. The molecule has 0 spiro atoms. The maximum Gasteiger partial charge on any atom is 0.338 e. The molecule has 12 aromatic rings. The van der Waals surface area contributed by atoms with Crippen LogP contribution in [0, 0.1) is 5.41 Å². The van der Waals surface area contributed by atoms with E-state index >= 15 is 0 Å². The number of likely N-dealkylation sites (N-methyl/N-ethyl adjacent to an activating group) is 1. The van der Waals surface area contributed by atoms with Crippen LogP contribution in [0.15, 0.2) is 206 Å². The van der Waals surface area contributed by atoms with Gasteiger partial charge in [0.1, 0.15) is 28.0 Å². The number of aromatic hydroxyl groups is 1. The predicted molar refractivity (Wildman–Crippen MR) is 332 cm³/mol. The fraction of sp³-hybridized carbons (Fsp3) is 0.118. The quantitative estimate of drug-likeness (QED) is 0.0435. The summed E-state index contributed by atoms with van der Waals surface area (Å²) in [6, 6.07) is 49.3. The number of aromatic nitrogens is 12. The number of hydroxylamine groups is 2. The molecule has 0 fully saturated rings. The van der Waals surface area contributed by atoms with Gasteiger partial charge < -0.3 is 20.1 Å². The number of phenolic OH excluding ortho intramolecular Hbond substituents is 1. The number of methoxy groups -OCH3 is 1. The SMILES string of the molecule is COC(=O)c1ccc(O)c(-n2cc(-c3ccc(-c4ccc(-c5cn(-c6cccc7c(C(=O)O)cccc67)nn5)cc4)cc3)[n+](C3=CC(C(=O)N(C)OC)=CC(C)(Cn4cc(-c5ccc(-c6cn(Cc7cccc8c(C(=O)O)cccc78)nn6)cc5)nn4)C3)n2)c1. The number of hydrogen-bond acceptors (Lipinski definition) is 14. The molecule has 4 heterocycles. The molecule has 90 heavy (non-hydrogen) atoms. The van der Waals surface area contributed by atoms with E-state index in [0.717, 1.165) is 54.8 Å². The van der Waals surface area contributed by atoms with Crippen LogP contribution in [0.3, 0.4) is 0 Å². The van der Waals surface area contributed by atoms with Crippen LogP contribution in [0.5, 0.6) is 5.75 Å². The Morgan fingerprint density at radius 3 is 1.77 bits per heavy atom. The summed E-state index contributed by atoms with van der Waals surface area (Å²) in [5.74, 6) is -3.16. The molecular weight excluding hydrogens is 1140 g/mol. The van der Waals surface area contributed by atoms with Crippen LogP contribution in [-0.4, -0.2) is 120 Å². The van der Waals surface area contributed by atoms with Gasteiger partial charge in [-0.3, -0.25) is 14.3 Å². The monoisotopic (exact) mass is 1200 g/mol. The largest absolute Gasteiger partial charge is 0.504 e. The highest BCUT2D eigenvalue weighted by Crippen LogP contribution is 2.39. The summed E-state index contributed by atoms with van der Waals surface area (Å²) in [6.07, 6.45) is 11.3. The minimum atomic E-state index is -1.01. The van der Waals surface area contributed by atoms with Gasteiger partial charge in [0.2, 0.25) is 5.69 Å². The third-order valence-corrected chi connectivity index (χ3v) is 16.0. The normalized spacial score (nSPS) is 13.9. The lowest BCUT2D eigenvalue weighted by atomic mass is 9.79. The molecule has 0 bridgehead atoms. The highest BCUT2D eigenvalue weighted by molar-refractivity contribution is 6.06. The second-order valence-electron chi connectivity index (χ2n) is 22.0. The number of carboxylic acid groups (broad SMARTS) is 2. The number of aromatic carboxylic acids is 2. The van der Waals surface area contributed by atoms with Crippen LogP contribution < -0.4 is 4.68 Å². The Labute approximate surface area is 512 Å². The number of benzene rings is 8. The van der Waals surface area contributed by atoms with Crippen molar-refractivity contribution >= 4 is 51.1 Å². The molecule has 1 aliphatic rings. The fourth-order valence-corrected chi connectivity index (χ4v) is 11.5. The molecule has 8 aromatic carbocycles. The number of allylic oxidation sites excluding steroid dienone is 2. The van der Waals surface area contributed by atoms with E-state index in [1.165, 1.54) is 44.1 Å². The maximum absolute atomic E-state index is 14.2. The highest BCUT2D eigenvalue weighted by atomic mass is 16.7. The summed E-state index contributed by atoms with van der Waals surface area (Å²) >= 11 is 0. The first-order chi connectivity index (χ1) is 43.6. The molecule has 0 aliphatic heterocycles. The van der Waals surface area contributed by atoms with Crippen molar-refractivity contribution in [3.8, 4) is 73.3 Å². The number of rotatable bonds is 17. The van der Waals surface area contributed by atoms with E-state index in [1.54, 1.807) is 73.5 Å². The Balaban J connectivity index is 0.775. The number of amides is 1. The predicted octanol–water partition coefficient (Wildman–Crippen LogP) is 10.4. The Hall–Kier alpha value is -12.0. The first-order valence-electron chi connectivity index (χ1n) is 28.3. The third kappa shape index (κ3) is 11.0. The average Bonchev–Trinajstić information content (AvgIpc) is 1.90. The number of esters is 1. The summed E-state index contributed by atoms with van der Waals surface area (Å²) in [6.45, 7) is 2.69. The Kier molecular flexibility index (Phi) is 14.8. The molecule has 1 aliphatic carbocycles. The van der Waals surface area contributed by atoms with Crippen molar-refractivity contribution in [2.24, 2.45) is 5.41 Å². The number of carbonyl (C=O) groups excluding carboxylic acids is 2. The molecule has 13 rings (SSSR count). The summed E-state index contributed by atoms with van der Waals surface area (Å²) < 4.78 is 13.3. The molecule has 0 saturated heterocycles. The van der Waals surface area contributed by atoms with Crippen LogP contribution >= 0.6 is 0 Å². The molecule has 1 unspecified atom stereocenters. The summed E-state index contributed by atoms with van der Waals surface area (Å²) in [5, 5.41) is 66.7. The number of carboxylic acids is 2. The molecule has 3 N–H and O–H groups in total. The Morgan fingerprint density at radius 1 is 0.589 bits per heavy atom. The second kappa shape index (κ2) is 23.3. The first-order valence-corrected chi connectivity index (χ1v) is 28.3. The zero-order valence-corrected chi connectivity index (χ0v) is 48.8. The minimum absolute atomic E-state index is 0.148. The molecule has 1 amide bonds. The summed E-state index contributed by atoms with van der Waals surface area (Å²) in [4.78, 5) is 56.3. The minimum Gasteiger partial charge on any atom is -0.504 e. The standard InChI is InChI=1S/C68H53N13O9/c1-68(40-78-37-58(70-73-78)44-25-23-43(24-26-44)57-36-77(72-69-57)35-48-9-5-11-52-51(48)10-6-14-55(52)65(84)85)33-49(64(83)76(2)90-4)31-50(34-68)81-62(39-80(75-81)61-32-47(67(88)89-3)29-30-63(61)82)46-27-19-42(20-28-46)41-17-21-45(22-18-41)59-38-79(74-71-59)60-16-8-12-53-54(60)13-7-15-56(53)66(86)87/h5-33,36-39H,34-35,40H2,1-4H3,(H2-,75,82,84,85,86,87,88)/p+1. The maximum atomic E-state index is 14.2. The van der Waals surface area contributed by atoms with Crippen LogP contribution in [0.1, 0.15) is 50.0 Å². The van der Waals surface area contributed by atoms with Crippen molar-refractivity contribution in [3.63, 3.8) is 0 Å². The van der Waals surface area contributed by atoms with Gasteiger partial charge in [0.05, 0.1) is 68.3 Å². The lowest BCUT2D eigenvalue weighted by Crippen LogP contribution is -2.42. The van der Waals surface area contributed by atoms with Gasteiger partial charge in [0.15, 0.2) is 17.6 Å². The van der Waals surface area contributed by atoms with Gasteiger partial charge in [-0.25, -0.2) is 28.8 Å². The molecule has 22 heteroatoms. The second-order valence-corrected chi connectivity index (χ2v) is 22.0. The number of nitrogens with zero attached hydrogens (tertiary/aromatic N) is 13. The lowest BCUT2D eigenvalue weighted by Gasteiger charge is -2.30. The molecule has 444 valence electrons. The molecule has 1 atom stereocenters.